The first-order chi connectivity index (χ1) is 60.0. The van der Waals surface area contributed by atoms with Crippen molar-refractivity contribution in [1.29, 1.82) is 0 Å². The van der Waals surface area contributed by atoms with E-state index in [0.29, 0.717) is 68.3 Å². The molecule has 15 rings (SSSR count). The Morgan fingerprint density at radius 2 is 0.359 bits per heavy atom. The van der Waals surface area contributed by atoms with Crippen molar-refractivity contribution >= 4 is 205 Å². The van der Waals surface area contributed by atoms with Crippen LogP contribution in [0.4, 0.5) is 0 Å². The largest absolute Gasteiger partial charge is 3.00 e. The van der Waals surface area contributed by atoms with Crippen LogP contribution >= 0.6 is 0 Å². The van der Waals surface area contributed by atoms with Crippen LogP contribution in [0.25, 0.3) is 170 Å². The Balaban J connectivity index is 0.000000185. The molecule has 0 saturated carbocycles. The third-order valence-corrected chi connectivity index (χ3v) is 24.6. The fourth-order valence-corrected chi connectivity index (χ4v) is 17.3. The van der Waals surface area contributed by atoms with Gasteiger partial charge in [-0.3, -0.25) is 0 Å². The molecule has 0 amide bonds. The van der Waals surface area contributed by atoms with E-state index < -0.39 is 35.8 Å². The monoisotopic (exact) mass is 1790 g/mol. The van der Waals surface area contributed by atoms with Gasteiger partial charge in [0, 0.05) is 135 Å². The van der Waals surface area contributed by atoms with Crippen LogP contribution in [0.2, 0.25) is 0 Å². The average molecular weight is 1790 g/mol. The number of carboxylic acids is 6. The number of hydrogen-bond acceptors (Lipinski definition) is 18. The normalized spacial score (nSPS) is 12.8. The Morgan fingerprint density at radius 3 is 0.500 bits per heavy atom. The van der Waals surface area contributed by atoms with Gasteiger partial charge in [-0.1, -0.05) is 75.9 Å². The molecule has 6 N–H and O–H groups in total. The zero-order valence-electron chi connectivity index (χ0n) is 73.4. The first-order valence-corrected chi connectivity index (χ1v) is 41.5. The minimum Gasteiger partial charge on any atom is -0.550 e. The van der Waals surface area contributed by atoms with Gasteiger partial charge in [0.05, 0.1) is 68.3 Å². The van der Waals surface area contributed by atoms with E-state index in [1.807, 2.05) is 174 Å². The number of H-pyrrole nitrogens is 6. The van der Waals surface area contributed by atoms with Gasteiger partial charge in [-0.2, -0.15) is 0 Å². The van der Waals surface area contributed by atoms with Crippen LogP contribution in [0.1, 0.15) is 254 Å². The van der Waals surface area contributed by atoms with Crippen LogP contribution in [-0.4, -0.2) is 95.6 Å². The van der Waals surface area contributed by atoms with Gasteiger partial charge >= 0.3 is 34.1 Å². The van der Waals surface area contributed by atoms with E-state index in [9.17, 15) is 59.4 Å². The fourth-order valence-electron chi connectivity index (χ4n) is 17.3. The predicted octanol–water partition coefficient (Wildman–Crippen LogP) is 15.4. The molecule has 652 valence electrons. The molecule has 24 nitrogen and oxygen atoms in total. The van der Waals surface area contributed by atoms with Gasteiger partial charge in [-0.15, -0.1) is 0 Å². The number of aryl methyl sites for hydroxylation is 6. The first kappa shape index (κ1) is 94.8. The third kappa shape index (κ3) is 19.3. The summed E-state index contributed by atoms with van der Waals surface area (Å²) in [5.74, 6) is -6.87. The van der Waals surface area contributed by atoms with Crippen molar-refractivity contribution in [2.24, 2.45) is 0 Å². The smallest absolute Gasteiger partial charge is 0.550 e. The molecule has 0 atom stereocenters. The molecule has 0 saturated heterocycles. The van der Waals surface area contributed by atoms with Crippen molar-refractivity contribution in [2.45, 2.75) is 160 Å². The SMILES string of the molecule is C=Cc1c(C)c2cc3[nH]c(cc4nc(cc5nc(cc1[nH]2)C(C)=C5CCC(=O)[O-])C(CCC(=O)[O-])=C4C)c(C)c3C=C.C=Cc1c(C)c2cc3[nH]c(cc4nc(cc5nc(cc1[nH]2)C(C)=C5CCC(=O)[O-])C(CCC(=O)[O-])=C4C)c(C)c3C=C.C=Cc1c(C)c2cc3[nH]c(cc4nc(cc5nc(cc1[nH]2)C(C)=C5CCC(=O)[O-])C(CCC(=O)[O-])=C4C)c(C)c3C=C.[Fe+3].[Fe+3]. The van der Waals surface area contributed by atoms with E-state index in [1.54, 1.807) is 18.2 Å². The zero-order valence-corrected chi connectivity index (χ0v) is 75.6. The molecule has 6 aliphatic rings. The molecule has 0 spiro atoms. The molecule has 0 aliphatic carbocycles. The Morgan fingerprint density at radius 1 is 0.227 bits per heavy atom. The van der Waals surface area contributed by atoms with Crippen molar-refractivity contribution in [2.75, 3.05) is 0 Å². The summed E-state index contributed by atoms with van der Waals surface area (Å²) in [6.45, 7) is 47.9. The average Bonchev–Trinajstić information content (AvgIpc) is 1.62. The maximum Gasteiger partial charge on any atom is 3.00 e. The second-order valence-corrected chi connectivity index (χ2v) is 32.1. The minimum absolute atomic E-state index is 0. The van der Waals surface area contributed by atoms with E-state index in [2.05, 4.69) is 69.4 Å². The number of carbonyl (C=O) groups excluding carboxylic acids is 6. The van der Waals surface area contributed by atoms with E-state index in [-0.39, 0.29) is 111 Å². The summed E-state index contributed by atoms with van der Waals surface area (Å²) in [7, 11) is 0. The van der Waals surface area contributed by atoms with Gasteiger partial charge in [-0.25, -0.2) is 29.9 Å². The van der Waals surface area contributed by atoms with Crippen LogP contribution in [0.3, 0.4) is 0 Å². The quantitative estimate of drug-likeness (QED) is 0.0306. The maximum absolute atomic E-state index is 11.4. The molecular formula is C102H96Fe2N12O12. The number of rotatable bonds is 24. The van der Waals surface area contributed by atoms with Crippen molar-refractivity contribution < 1.29 is 93.5 Å². The van der Waals surface area contributed by atoms with Gasteiger partial charge in [0.25, 0.3) is 0 Å². The Kier molecular flexibility index (Phi) is 29.1. The molecule has 26 heteroatoms. The number of fused-ring (bicyclic) bond motifs is 24. The maximum atomic E-state index is 11.4. The Hall–Kier alpha value is -13.9. The molecule has 6 aliphatic heterocycles. The molecule has 9 aromatic rings. The summed E-state index contributed by atoms with van der Waals surface area (Å²) < 4.78 is 0. The van der Waals surface area contributed by atoms with Crippen molar-refractivity contribution in [3.8, 4) is 0 Å². The summed E-state index contributed by atoms with van der Waals surface area (Å²) in [6, 6.07) is 23.3. The number of aliphatic carboxylic acids is 6. The number of allylic oxidation sites excluding steroid dienone is 12. The molecule has 9 aromatic heterocycles. The van der Waals surface area contributed by atoms with Gasteiger partial charge < -0.3 is 89.3 Å². The second kappa shape index (κ2) is 39.3. The van der Waals surface area contributed by atoms with Crippen molar-refractivity contribution in [3.63, 3.8) is 0 Å². The van der Waals surface area contributed by atoms with Crippen molar-refractivity contribution in [3.05, 3.63) is 247 Å². The molecule has 128 heavy (non-hydrogen) atoms. The molecule has 0 unspecified atom stereocenters. The van der Waals surface area contributed by atoms with Gasteiger partial charge in [0.1, 0.15) is 0 Å². The van der Waals surface area contributed by atoms with Crippen LogP contribution in [0.15, 0.2) is 112 Å². The number of nitrogens with zero attached hydrogens (tertiary/aromatic N) is 6. The second-order valence-electron chi connectivity index (χ2n) is 32.1. The zero-order chi connectivity index (χ0) is 90.9. The first-order valence-electron chi connectivity index (χ1n) is 41.5. The van der Waals surface area contributed by atoms with E-state index >= 15 is 0 Å². The topological polar surface area (TPSA) is 413 Å². The van der Waals surface area contributed by atoms with E-state index in [0.717, 1.165) is 200 Å². The van der Waals surface area contributed by atoms with Gasteiger partial charge in [0.15, 0.2) is 0 Å². The summed E-state index contributed by atoms with van der Waals surface area (Å²) in [5.41, 5.74) is 39.8. The van der Waals surface area contributed by atoms with Crippen LogP contribution in [-0.2, 0) is 62.9 Å². The standard InChI is InChI=1S/3C34H34N4O4.2Fe/c3*1-7-21-17(3)25-13-26-19(5)23(9-11-33(39)40)31(37-26)16-32-24(10-12-34(41)42)20(6)28(38-32)15-30-22(8-2)18(4)27(36-30)14-29(21)35-25;;/h3*7-8,13-16,35-36H,1-2,9-12H2,3-6H3,(H,39,40)(H,41,42);;/q;;;2*+3/p-6. The summed E-state index contributed by atoms with van der Waals surface area (Å²) in [6.07, 6.45) is 11.4. The summed E-state index contributed by atoms with van der Waals surface area (Å²) in [5, 5.41) is 68.4. The van der Waals surface area contributed by atoms with Gasteiger partial charge in [0.2, 0.25) is 0 Å². The number of carbonyl (C=O) groups is 6. The third-order valence-electron chi connectivity index (χ3n) is 24.6. The van der Waals surface area contributed by atoms with Crippen LogP contribution in [0.5, 0.6) is 0 Å². The molecule has 2 radical (unpaired) electrons. The number of aromatic amines is 6. The Bertz CT molecular complexity index is 6430. The molecule has 24 bridgehead atoms. The van der Waals surface area contributed by atoms with Crippen LogP contribution in [0, 0.1) is 41.5 Å². The van der Waals surface area contributed by atoms with E-state index in [1.165, 1.54) is 0 Å². The number of carboxylic acid groups (broad SMARTS) is 6. The summed E-state index contributed by atoms with van der Waals surface area (Å²) >= 11 is 0. The predicted molar refractivity (Wildman–Crippen MR) is 492 cm³/mol. The van der Waals surface area contributed by atoms with E-state index in [4.69, 9.17) is 29.9 Å². The Labute approximate surface area is 761 Å². The molecule has 15 heterocycles. The summed E-state index contributed by atoms with van der Waals surface area (Å²) in [4.78, 5) is 119. The minimum atomic E-state index is -1.15. The number of nitrogens with one attached hydrogen (secondary N) is 6. The number of aromatic nitrogens is 12. The fraction of sp³-hybridized carbons (Fsp3) is 0.235. The molecule has 0 fully saturated rings. The molecular weight excluding hydrogens is 1700 g/mol. The van der Waals surface area contributed by atoms with Gasteiger partial charge in [-0.05, 0) is 333 Å². The van der Waals surface area contributed by atoms with Crippen LogP contribution < -0.4 is 30.6 Å². The molecule has 0 aromatic carbocycles. The van der Waals surface area contributed by atoms with Crippen molar-refractivity contribution in [1.82, 2.24) is 59.8 Å². The number of hydrogen-bond donors (Lipinski definition) is 6.